The number of nitrogens with zero attached hydrogens (tertiary/aromatic N) is 2. The lowest BCUT2D eigenvalue weighted by atomic mass is 10.1. The first kappa shape index (κ1) is 13.7. The molecule has 0 bridgehead atoms. The number of nitro benzene ring substituents is 1. The highest BCUT2D eigenvalue weighted by molar-refractivity contribution is 5.76. The summed E-state index contributed by atoms with van der Waals surface area (Å²) < 4.78 is 0. The lowest BCUT2D eigenvalue weighted by Gasteiger charge is -2.13. The van der Waals surface area contributed by atoms with E-state index in [1.165, 1.54) is 17.0 Å². The molecule has 0 atom stereocenters. The van der Waals surface area contributed by atoms with Crippen LogP contribution >= 0.6 is 0 Å². The van der Waals surface area contributed by atoms with Gasteiger partial charge in [0.05, 0.1) is 11.5 Å². The molecule has 1 rings (SSSR count). The highest BCUT2D eigenvalue weighted by Gasteiger charge is 2.09. The molecule has 0 aliphatic rings. The van der Waals surface area contributed by atoms with E-state index in [9.17, 15) is 14.9 Å². The highest BCUT2D eigenvalue weighted by atomic mass is 16.6. The van der Waals surface area contributed by atoms with Crippen molar-refractivity contribution >= 4 is 11.6 Å². The van der Waals surface area contributed by atoms with Crippen LogP contribution in [0.25, 0.3) is 0 Å². The Kier molecular flexibility index (Phi) is 4.88. The topological polar surface area (TPSA) is 63.5 Å². The Hall–Kier alpha value is -2.35. The van der Waals surface area contributed by atoms with Gasteiger partial charge in [-0.2, -0.15) is 0 Å². The van der Waals surface area contributed by atoms with Crippen molar-refractivity contribution in [2.24, 2.45) is 0 Å². The lowest BCUT2D eigenvalue weighted by molar-refractivity contribution is -0.384. The summed E-state index contributed by atoms with van der Waals surface area (Å²) in [6.07, 6.45) is 5.87. The van der Waals surface area contributed by atoms with Gasteiger partial charge in [-0.15, -0.1) is 6.42 Å². The Balaban J connectivity index is 2.59. The van der Waals surface area contributed by atoms with Crippen LogP contribution in [0.4, 0.5) is 5.69 Å². The predicted octanol–water partition coefficient (Wildman–Crippen LogP) is 1.62. The summed E-state index contributed by atoms with van der Waals surface area (Å²) in [5.41, 5.74) is 0.809. The van der Waals surface area contributed by atoms with Gasteiger partial charge >= 0.3 is 0 Å². The average molecular weight is 246 g/mol. The summed E-state index contributed by atoms with van der Waals surface area (Å²) in [5.74, 6) is 2.32. The van der Waals surface area contributed by atoms with Crippen LogP contribution in [0.2, 0.25) is 0 Å². The van der Waals surface area contributed by atoms with E-state index in [-0.39, 0.29) is 18.1 Å². The van der Waals surface area contributed by atoms with Crippen molar-refractivity contribution in [3.05, 3.63) is 39.9 Å². The normalized spacial score (nSPS) is 9.56. The van der Waals surface area contributed by atoms with Gasteiger partial charge < -0.3 is 4.90 Å². The van der Waals surface area contributed by atoms with Gasteiger partial charge in [0.2, 0.25) is 5.91 Å². The molecule has 1 aromatic rings. The summed E-state index contributed by atoms with van der Waals surface area (Å²) in [6, 6.07) is 6.29. The molecule has 5 nitrogen and oxygen atoms in total. The number of hydrogen-bond donors (Lipinski definition) is 0. The zero-order valence-corrected chi connectivity index (χ0v) is 10.1. The summed E-state index contributed by atoms with van der Waals surface area (Å²) >= 11 is 0. The Bertz CT molecular complexity index is 491. The standard InChI is InChI=1S/C13H14N2O3/c1-3-9-14(2)13(16)8-7-11-5-4-6-12(10-11)15(17)18/h1,4-6,10H,7-9H2,2H3. The van der Waals surface area contributed by atoms with E-state index >= 15 is 0 Å². The average Bonchev–Trinajstić information content (AvgIpc) is 2.36. The molecule has 0 saturated carbocycles. The summed E-state index contributed by atoms with van der Waals surface area (Å²) in [6.45, 7) is 0.272. The maximum atomic E-state index is 11.6. The minimum atomic E-state index is -0.449. The molecule has 5 heteroatoms. The first-order valence-electron chi connectivity index (χ1n) is 5.45. The number of carbonyl (C=O) groups excluding carboxylic acids is 1. The van der Waals surface area contributed by atoms with Gasteiger partial charge in [-0.05, 0) is 12.0 Å². The monoisotopic (exact) mass is 246 g/mol. The van der Waals surface area contributed by atoms with Crippen LogP contribution in [-0.4, -0.2) is 29.3 Å². The lowest BCUT2D eigenvalue weighted by Crippen LogP contribution is -2.27. The Morgan fingerprint density at radius 3 is 2.89 bits per heavy atom. The zero-order valence-electron chi connectivity index (χ0n) is 10.1. The minimum Gasteiger partial charge on any atom is -0.335 e. The number of amides is 1. The number of hydrogen-bond acceptors (Lipinski definition) is 3. The van der Waals surface area contributed by atoms with Crippen LogP contribution in [0.1, 0.15) is 12.0 Å². The first-order chi connectivity index (χ1) is 8.54. The van der Waals surface area contributed by atoms with Gasteiger partial charge in [-0.1, -0.05) is 18.1 Å². The predicted molar refractivity (Wildman–Crippen MR) is 67.9 cm³/mol. The van der Waals surface area contributed by atoms with Gasteiger partial charge in [0.1, 0.15) is 0 Å². The van der Waals surface area contributed by atoms with Gasteiger partial charge in [-0.3, -0.25) is 14.9 Å². The van der Waals surface area contributed by atoms with Crippen molar-refractivity contribution in [3.8, 4) is 12.3 Å². The van der Waals surface area contributed by atoms with E-state index < -0.39 is 4.92 Å². The van der Waals surface area contributed by atoms with Crippen LogP contribution < -0.4 is 0 Å². The molecule has 0 aromatic heterocycles. The number of rotatable bonds is 5. The minimum absolute atomic E-state index is 0.0388. The molecule has 94 valence electrons. The molecular weight excluding hydrogens is 232 g/mol. The maximum absolute atomic E-state index is 11.6. The van der Waals surface area contributed by atoms with E-state index in [0.29, 0.717) is 12.8 Å². The van der Waals surface area contributed by atoms with Crippen molar-refractivity contribution in [3.63, 3.8) is 0 Å². The SMILES string of the molecule is C#CCN(C)C(=O)CCc1cccc([N+](=O)[O-])c1. The number of aryl methyl sites for hydroxylation is 1. The Morgan fingerprint density at radius 1 is 1.56 bits per heavy atom. The molecule has 0 aliphatic heterocycles. The first-order valence-corrected chi connectivity index (χ1v) is 5.45. The quantitative estimate of drug-likeness (QED) is 0.450. The molecule has 0 fully saturated rings. The number of carbonyl (C=O) groups is 1. The zero-order chi connectivity index (χ0) is 13.5. The largest absolute Gasteiger partial charge is 0.335 e. The van der Waals surface area contributed by atoms with Crippen LogP contribution in [-0.2, 0) is 11.2 Å². The van der Waals surface area contributed by atoms with Gasteiger partial charge in [0.25, 0.3) is 5.69 Å². The molecule has 18 heavy (non-hydrogen) atoms. The second-order valence-electron chi connectivity index (χ2n) is 3.88. The fourth-order valence-electron chi connectivity index (χ4n) is 1.49. The van der Waals surface area contributed by atoms with Crippen LogP contribution in [0.15, 0.2) is 24.3 Å². The number of nitro groups is 1. The number of non-ortho nitro benzene ring substituents is 1. The summed E-state index contributed by atoms with van der Waals surface area (Å²) in [7, 11) is 1.63. The molecule has 0 saturated heterocycles. The fourth-order valence-corrected chi connectivity index (χ4v) is 1.49. The third-order valence-electron chi connectivity index (χ3n) is 2.50. The van der Waals surface area contributed by atoms with Gasteiger partial charge in [-0.25, -0.2) is 0 Å². The molecule has 1 amide bonds. The Labute approximate surface area is 106 Å². The summed E-state index contributed by atoms with van der Waals surface area (Å²) in [5, 5.41) is 10.6. The van der Waals surface area contributed by atoms with E-state index in [1.54, 1.807) is 19.2 Å². The molecule has 0 spiro atoms. The molecule has 0 unspecified atom stereocenters. The van der Waals surface area contributed by atoms with Crippen LogP contribution in [0, 0.1) is 22.5 Å². The highest BCUT2D eigenvalue weighted by Crippen LogP contribution is 2.14. The second-order valence-corrected chi connectivity index (χ2v) is 3.88. The van der Waals surface area contributed by atoms with Crippen molar-refractivity contribution in [1.82, 2.24) is 4.90 Å². The van der Waals surface area contributed by atoms with Gasteiger partial charge in [0, 0.05) is 25.6 Å². The van der Waals surface area contributed by atoms with E-state index in [2.05, 4.69) is 5.92 Å². The molecule has 0 aliphatic carbocycles. The Morgan fingerprint density at radius 2 is 2.28 bits per heavy atom. The number of terminal acetylenes is 1. The van der Waals surface area contributed by atoms with Crippen molar-refractivity contribution in [2.75, 3.05) is 13.6 Å². The molecule has 1 aromatic carbocycles. The smallest absolute Gasteiger partial charge is 0.269 e. The van der Waals surface area contributed by atoms with E-state index in [1.807, 2.05) is 0 Å². The van der Waals surface area contributed by atoms with Gasteiger partial charge in [0.15, 0.2) is 0 Å². The van der Waals surface area contributed by atoms with Crippen molar-refractivity contribution in [2.45, 2.75) is 12.8 Å². The molecule has 0 radical (unpaired) electrons. The molecule has 0 heterocycles. The maximum Gasteiger partial charge on any atom is 0.269 e. The van der Waals surface area contributed by atoms with Crippen molar-refractivity contribution < 1.29 is 9.72 Å². The molecular formula is C13H14N2O3. The fraction of sp³-hybridized carbons (Fsp3) is 0.308. The van der Waals surface area contributed by atoms with Crippen molar-refractivity contribution in [1.29, 1.82) is 0 Å². The molecule has 0 N–H and O–H groups in total. The van der Waals surface area contributed by atoms with Crippen LogP contribution in [0.3, 0.4) is 0 Å². The third kappa shape index (κ3) is 3.91. The second kappa shape index (κ2) is 6.40. The third-order valence-corrected chi connectivity index (χ3v) is 2.50. The van der Waals surface area contributed by atoms with Crippen LogP contribution in [0.5, 0.6) is 0 Å². The van der Waals surface area contributed by atoms with E-state index in [0.717, 1.165) is 5.56 Å². The van der Waals surface area contributed by atoms with E-state index in [4.69, 9.17) is 6.42 Å². The summed E-state index contributed by atoms with van der Waals surface area (Å²) in [4.78, 5) is 23.2. The number of benzene rings is 1.